The summed E-state index contributed by atoms with van der Waals surface area (Å²) in [7, 11) is 0. The fourth-order valence-electron chi connectivity index (χ4n) is 2.32. The Hall–Kier alpha value is -2.37. The number of carboxylic acids is 1. The number of nitrogens with zero attached hydrogens (tertiary/aromatic N) is 1. The number of aliphatic carboxylic acids is 1. The molecule has 1 N–H and O–H groups in total. The Kier molecular flexibility index (Phi) is 4.02. The van der Waals surface area contributed by atoms with Crippen LogP contribution in [0, 0.1) is 0 Å². The molecule has 2 rings (SSSR count). The van der Waals surface area contributed by atoms with Crippen LogP contribution in [-0.2, 0) is 14.3 Å². The molecular formula is C14H15NO5. The molecule has 6 nitrogen and oxygen atoms in total. The lowest BCUT2D eigenvalue weighted by Gasteiger charge is -2.21. The second-order valence-electron chi connectivity index (χ2n) is 4.64. The number of likely N-dealkylation sites (tertiary alicyclic amines) is 1. The topological polar surface area (TPSA) is 83.9 Å². The summed E-state index contributed by atoms with van der Waals surface area (Å²) in [5.74, 6) is -1.94. The van der Waals surface area contributed by atoms with Crippen LogP contribution in [0.2, 0.25) is 0 Å². The van der Waals surface area contributed by atoms with Gasteiger partial charge in [-0.25, -0.2) is 4.79 Å². The Bertz CT molecular complexity index is 528. The van der Waals surface area contributed by atoms with Crippen LogP contribution < -0.4 is 0 Å². The summed E-state index contributed by atoms with van der Waals surface area (Å²) in [5.41, 5.74) is 0.419. The highest BCUT2D eigenvalue weighted by Gasteiger charge is 2.41. The molecule has 0 bridgehead atoms. The van der Waals surface area contributed by atoms with Gasteiger partial charge in [0.1, 0.15) is 12.1 Å². The van der Waals surface area contributed by atoms with E-state index in [9.17, 15) is 19.5 Å². The summed E-state index contributed by atoms with van der Waals surface area (Å²) in [6.45, 7) is 1.36. The van der Waals surface area contributed by atoms with E-state index in [1.807, 2.05) is 0 Å². The quantitative estimate of drug-likeness (QED) is 0.830. The summed E-state index contributed by atoms with van der Waals surface area (Å²) in [5, 5.41) is 9.20. The fraction of sp³-hybridized carbons (Fsp3) is 0.357. The molecule has 6 heteroatoms. The van der Waals surface area contributed by atoms with Crippen molar-refractivity contribution in [3.05, 3.63) is 35.9 Å². The maximum Gasteiger partial charge on any atom is 0.326 e. The molecule has 0 spiro atoms. The number of hydrogen-bond donors (Lipinski definition) is 1. The number of hydrogen-bond acceptors (Lipinski definition) is 4. The number of ether oxygens (including phenoxy) is 1. The largest absolute Gasteiger partial charge is 0.480 e. The van der Waals surface area contributed by atoms with Gasteiger partial charge in [-0.05, 0) is 12.1 Å². The maximum atomic E-state index is 12.3. The minimum absolute atomic E-state index is 0.101. The number of esters is 1. The van der Waals surface area contributed by atoms with Crippen molar-refractivity contribution in [3.8, 4) is 0 Å². The zero-order chi connectivity index (χ0) is 14.7. The van der Waals surface area contributed by atoms with Crippen LogP contribution in [0.4, 0.5) is 0 Å². The smallest absolute Gasteiger partial charge is 0.326 e. The molecule has 2 atom stereocenters. The predicted molar refractivity (Wildman–Crippen MR) is 69.1 cm³/mol. The van der Waals surface area contributed by atoms with E-state index in [0.717, 1.165) is 0 Å². The molecule has 0 unspecified atom stereocenters. The standard InChI is InChI=1S/C14H15NO5/c1-9(16)20-11-7-12(14(18)19)15(8-11)13(17)10-5-3-2-4-6-10/h2-6,11-12H,7-8H2,1H3,(H,18,19)/t11-,12+/m1/s1. The van der Waals surface area contributed by atoms with Gasteiger partial charge in [0.05, 0.1) is 6.54 Å². The summed E-state index contributed by atoms with van der Waals surface area (Å²) >= 11 is 0. The number of carbonyl (C=O) groups excluding carboxylic acids is 2. The highest BCUT2D eigenvalue weighted by Crippen LogP contribution is 2.23. The summed E-state index contributed by atoms with van der Waals surface area (Å²) in [4.78, 5) is 35.8. The molecule has 106 valence electrons. The van der Waals surface area contributed by atoms with Crippen molar-refractivity contribution in [3.63, 3.8) is 0 Å². The lowest BCUT2D eigenvalue weighted by atomic mass is 10.1. The van der Waals surface area contributed by atoms with Crippen LogP contribution in [-0.4, -0.2) is 46.5 Å². The van der Waals surface area contributed by atoms with Crippen LogP contribution >= 0.6 is 0 Å². The molecule has 1 aromatic carbocycles. The van der Waals surface area contributed by atoms with Crippen LogP contribution in [0.5, 0.6) is 0 Å². The molecule has 20 heavy (non-hydrogen) atoms. The van der Waals surface area contributed by atoms with Crippen molar-refractivity contribution in [1.29, 1.82) is 0 Å². The normalized spacial score (nSPS) is 21.6. The van der Waals surface area contributed by atoms with Gasteiger partial charge in [-0.1, -0.05) is 18.2 Å². The van der Waals surface area contributed by atoms with Crippen molar-refractivity contribution in [2.75, 3.05) is 6.54 Å². The first kappa shape index (κ1) is 14.0. The van der Waals surface area contributed by atoms with E-state index in [-0.39, 0.29) is 18.9 Å². The lowest BCUT2D eigenvalue weighted by molar-refractivity contribution is -0.146. The van der Waals surface area contributed by atoms with E-state index >= 15 is 0 Å². The first-order valence-corrected chi connectivity index (χ1v) is 6.25. The first-order valence-electron chi connectivity index (χ1n) is 6.25. The first-order chi connectivity index (χ1) is 9.49. The Morgan fingerprint density at radius 1 is 1.25 bits per heavy atom. The monoisotopic (exact) mass is 277 g/mol. The molecule has 1 fully saturated rings. The number of rotatable bonds is 3. The van der Waals surface area contributed by atoms with E-state index in [0.29, 0.717) is 5.56 Å². The van der Waals surface area contributed by atoms with Crippen LogP contribution in [0.15, 0.2) is 30.3 Å². The summed E-state index contributed by atoms with van der Waals surface area (Å²) in [6, 6.07) is 7.48. The highest BCUT2D eigenvalue weighted by atomic mass is 16.5. The van der Waals surface area contributed by atoms with Crippen molar-refractivity contribution >= 4 is 17.8 Å². The minimum Gasteiger partial charge on any atom is -0.480 e. The highest BCUT2D eigenvalue weighted by molar-refractivity contribution is 5.97. The molecule has 1 heterocycles. The average Bonchev–Trinajstić information content (AvgIpc) is 2.82. The van der Waals surface area contributed by atoms with E-state index in [1.54, 1.807) is 30.3 Å². The van der Waals surface area contributed by atoms with Crippen molar-refractivity contribution < 1.29 is 24.2 Å². The van der Waals surface area contributed by atoms with Gasteiger partial charge in [0.25, 0.3) is 5.91 Å². The Labute approximate surface area is 115 Å². The van der Waals surface area contributed by atoms with E-state index < -0.39 is 24.1 Å². The summed E-state index contributed by atoms with van der Waals surface area (Å²) < 4.78 is 5.01. The maximum absolute atomic E-state index is 12.3. The van der Waals surface area contributed by atoms with E-state index in [2.05, 4.69) is 0 Å². The number of carboxylic acid groups (broad SMARTS) is 1. The van der Waals surface area contributed by atoms with Gasteiger partial charge in [0, 0.05) is 18.9 Å². The number of amides is 1. The minimum atomic E-state index is -1.09. The Morgan fingerprint density at radius 3 is 2.45 bits per heavy atom. The predicted octanol–water partition coefficient (Wildman–Crippen LogP) is 0.917. The Balaban J connectivity index is 2.18. The zero-order valence-electron chi connectivity index (χ0n) is 11.0. The molecule has 1 saturated heterocycles. The summed E-state index contributed by atoms with van der Waals surface area (Å²) in [6.07, 6.45) is -0.450. The lowest BCUT2D eigenvalue weighted by Crippen LogP contribution is -2.40. The number of benzene rings is 1. The molecule has 0 saturated carbocycles. The van der Waals surface area contributed by atoms with Crippen LogP contribution in [0.3, 0.4) is 0 Å². The number of carbonyl (C=O) groups is 3. The SMILES string of the molecule is CC(=O)O[C@@H]1C[C@@H](C(=O)O)N(C(=O)c2ccccc2)C1. The van der Waals surface area contributed by atoms with Gasteiger partial charge in [0.2, 0.25) is 0 Å². The Morgan fingerprint density at radius 2 is 1.90 bits per heavy atom. The van der Waals surface area contributed by atoms with E-state index in [1.165, 1.54) is 11.8 Å². The van der Waals surface area contributed by atoms with Gasteiger partial charge in [0.15, 0.2) is 0 Å². The molecule has 1 amide bonds. The van der Waals surface area contributed by atoms with E-state index in [4.69, 9.17) is 4.74 Å². The van der Waals surface area contributed by atoms with Gasteiger partial charge in [-0.2, -0.15) is 0 Å². The third-order valence-electron chi connectivity index (χ3n) is 3.16. The van der Waals surface area contributed by atoms with Crippen molar-refractivity contribution in [1.82, 2.24) is 4.90 Å². The van der Waals surface area contributed by atoms with Crippen LogP contribution in [0.1, 0.15) is 23.7 Å². The average molecular weight is 277 g/mol. The molecule has 0 aromatic heterocycles. The molecule has 0 radical (unpaired) electrons. The van der Waals surface area contributed by atoms with Crippen LogP contribution in [0.25, 0.3) is 0 Å². The van der Waals surface area contributed by atoms with Gasteiger partial charge in [-0.3, -0.25) is 9.59 Å². The second kappa shape index (κ2) is 5.73. The van der Waals surface area contributed by atoms with Crippen molar-refractivity contribution in [2.45, 2.75) is 25.5 Å². The molecule has 1 aliphatic heterocycles. The fourth-order valence-corrected chi connectivity index (χ4v) is 2.32. The molecule has 0 aliphatic carbocycles. The van der Waals surface area contributed by atoms with Gasteiger partial charge >= 0.3 is 11.9 Å². The van der Waals surface area contributed by atoms with Gasteiger partial charge in [-0.15, -0.1) is 0 Å². The third kappa shape index (κ3) is 2.96. The molecule has 1 aliphatic rings. The van der Waals surface area contributed by atoms with Gasteiger partial charge < -0.3 is 14.7 Å². The van der Waals surface area contributed by atoms with Crippen molar-refractivity contribution in [2.24, 2.45) is 0 Å². The molecule has 1 aromatic rings. The zero-order valence-corrected chi connectivity index (χ0v) is 11.0. The third-order valence-corrected chi connectivity index (χ3v) is 3.16. The second-order valence-corrected chi connectivity index (χ2v) is 4.64. The molecular weight excluding hydrogens is 262 g/mol.